The van der Waals surface area contributed by atoms with Gasteiger partial charge in [0.1, 0.15) is 5.82 Å². The molecule has 2 heterocycles. The molecule has 0 saturated heterocycles. The van der Waals surface area contributed by atoms with Crippen LogP contribution in [-0.2, 0) is 0 Å². The molecule has 0 atom stereocenters. The van der Waals surface area contributed by atoms with Gasteiger partial charge in [-0.1, -0.05) is 0 Å². The zero-order chi connectivity index (χ0) is 13.2. The SMILES string of the molecule is O=C(Nc1cc(F)cc2cnccc12)c1ccco1. The van der Waals surface area contributed by atoms with Gasteiger partial charge in [0.25, 0.3) is 5.91 Å². The lowest BCUT2D eigenvalue weighted by atomic mass is 10.1. The number of carbonyl (C=O) groups is 1. The summed E-state index contributed by atoms with van der Waals surface area (Å²) in [6.07, 6.45) is 4.53. The Bertz CT molecular complexity index is 738. The normalized spacial score (nSPS) is 10.6. The molecule has 0 fully saturated rings. The predicted molar refractivity (Wildman–Crippen MR) is 68.4 cm³/mol. The second kappa shape index (κ2) is 4.53. The van der Waals surface area contributed by atoms with Crippen molar-refractivity contribution in [2.45, 2.75) is 0 Å². The number of anilines is 1. The number of pyridine rings is 1. The first-order valence-electron chi connectivity index (χ1n) is 5.62. The zero-order valence-electron chi connectivity index (χ0n) is 9.76. The van der Waals surface area contributed by atoms with Gasteiger partial charge in [-0.2, -0.15) is 0 Å². The van der Waals surface area contributed by atoms with Crippen molar-refractivity contribution >= 4 is 22.4 Å². The maximum Gasteiger partial charge on any atom is 0.291 e. The third-order valence-corrected chi connectivity index (χ3v) is 2.71. The highest BCUT2D eigenvalue weighted by Crippen LogP contribution is 2.24. The van der Waals surface area contributed by atoms with Gasteiger partial charge in [-0.25, -0.2) is 4.39 Å². The molecule has 0 unspecified atom stereocenters. The van der Waals surface area contributed by atoms with Crippen LogP contribution in [0.4, 0.5) is 10.1 Å². The molecular formula is C14H9FN2O2. The van der Waals surface area contributed by atoms with Crippen LogP contribution in [0.25, 0.3) is 10.8 Å². The number of amides is 1. The highest BCUT2D eigenvalue weighted by Gasteiger charge is 2.11. The predicted octanol–water partition coefficient (Wildman–Crippen LogP) is 3.22. The molecule has 3 aromatic rings. The average Bonchev–Trinajstić information content (AvgIpc) is 2.92. The van der Waals surface area contributed by atoms with E-state index in [1.807, 2.05) is 0 Å². The molecule has 0 spiro atoms. The molecule has 4 nitrogen and oxygen atoms in total. The van der Waals surface area contributed by atoms with Crippen molar-refractivity contribution in [1.29, 1.82) is 0 Å². The smallest absolute Gasteiger partial charge is 0.291 e. The van der Waals surface area contributed by atoms with Crippen LogP contribution in [0.3, 0.4) is 0 Å². The van der Waals surface area contributed by atoms with Gasteiger partial charge in [0.15, 0.2) is 5.76 Å². The molecule has 5 heteroatoms. The molecular weight excluding hydrogens is 247 g/mol. The van der Waals surface area contributed by atoms with E-state index in [4.69, 9.17) is 4.42 Å². The van der Waals surface area contributed by atoms with Gasteiger partial charge >= 0.3 is 0 Å². The van der Waals surface area contributed by atoms with E-state index < -0.39 is 11.7 Å². The van der Waals surface area contributed by atoms with Crippen molar-refractivity contribution in [3.8, 4) is 0 Å². The van der Waals surface area contributed by atoms with Crippen LogP contribution < -0.4 is 5.32 Å². The van der Waals surface area contributed by atoms with Gasteiger partial charge in [0.2, 0.25) is 0 Å². The number of aromatic nitrogens is 1. The fraction of sp³-hybridized carbons (Fsp3) is 0. The van der Waals surface area contributed by atoms with Gasteiger partial charge in [-0.15, -0.1) is 0 Å². The molecule has 1 N–H and O–H groups in total. The fourth-order valence-corrected chi connectivity index (χ4v) is 1.87. The Morgan fingerprint density at radius 3 is 3.00 bits per heavy atom. The summed E-state index contributed by atoms with van der Waals surface area (Å²) in [5.41, 5.74) is 0.388. The molecule has 0 aliphatic heterocycles. The largest absolute Gasteiger partial charge is 0.459 e. The molecule has 0 radical (unpaired) electrons. The topological polar surface area (TPSA) is 55.1 Å². The van der Waals surface area contributed by atoms with E-state index in [9.17, 15) is 9.18 Å². The Morgan fingerprint density at radius 1 is 1.32 bits per heavy atom. The van der Waals surface area contributed by atoms with Crippen LogP contribution in [0.2, 0.25) is 0 Å². The number of hydrogen-bond donors (Lipinski definition) is 1. The van der Waals surface area contributed by atoms with Gasteiger partial charge in [0.05, 0.1) is 12.0 Å². The number of furan rings is 1. The number of fused-ring (bicyclic) bond motifs is 1. The van der Waals surface area contributed by atoms with Crippen LogP contribution in [0, 0.1) is 5.82 Å². The maximum absolute atomic E-state index is 13.5. The van der Waals surface area contributed by atoms with Crippen molar-refractivity contribution < 1.29 is 13.6 Å². The van der Waals surface area contributed by atoms with Crippen LogP contribution in [0.1, 0.15) is 10.6 Å². The molecule has 2 aromatic heterocycles. The highest BCUT2D eigenvalue weighted by atomic mass is 19.1. The second-order valence-corrected chi connectivity index (χ2v) is 3.98. The quantitative estimate of drug-likeness (QED) is 0.765. The van der Waals surface area contributed by atoms with E-state index in [2.05, 4.69) is 10.3 Å². The summed E-state index contributed by atoms with van der Waals surface area (Å²) in [5, 5.41) is 3.97. The van der Waals surface area contributed by atoms with E-state index >= 15 is 0 Å². The van der Waals surface area contributed by atoms with Gasteiger partial charge in [0, 0.05) is 23.2 Å². The van der Waals surface area contributed by atoms with E-state index in [1.165, 1.54) is 18.4 Å². The average molecular weight is 256 g/mol. The Labute approximate surface area is 107 Å². The van der Waals surface area contributed by atoms with Crippen LogP contribution in [0.15, 0.2) is 53.4 Å². The van der Waals surface area contributed by atoms with E-state index in [0.29, 0.717) is 11.1 Å². The summed E-state index contributed by atoms with van der Waals surface area (Å²) in [6.45, 7) is 0. The summed E-state index contributed by atoms with van der Waals surface area (Å²) in [6, 6.07) is 7.50. The summed E-state index contributed by atoms with van der Waals surface area (Å²) in [7, 11) is 0. The van der Waals surface area contributed by atoms with E-state index in [1.54, 1.807) is 30.6 Å². The van der Waals surface area contributed by atoms with E-state index in [-0.39, 0.29) is 5.76 Å². The van der Waals surface area contributed by atoms with E-state index in [0.717, 1.165) is 5.39 Å². The second-order valence-electron chi connectivity index (χ2n) is 3.98. The molecule has 1 amide bonds. The van der Waals surface area contributed by atoms with Crippen molar-refractivity contribution in [3.05, 3.63) is 60.6 Å². The lowest BCUT2D eigenvalue weighted by Crippen LogP contribution is -2.11. The standard InChI is InChI=1S/C14H9FN2O2/c15-10-6-9-8-16-4-3-11(9)12(7-10)17-14(18)13-2-1-5-19-13/h1-8H,(H,17,18). The Hall–Kier alpha value is -2.69. The van der Waals surface area contributed by atoms with Crippen LogP contribution in [-0.4, -0.2) is 10.9 Å². The number of nitrogens with one attached hydrogen (secondary N) is 1. The molecule has 0 aliphatic rings. The molecule has 0 bridgehead atoms. The van der Waals surface area contributed by atoms with Crippen molar-refractivity contribution in [2.75, 3.05) is 5.32 Å². The molecule has 19 heavy (non-hydrogen) atoms. The summed E-state index contributed by atoms with van der Waals surface area (Å²) < 4.78 is 18.5. The molecule has 3 rings (SSSR count). The number of hydrogen-bond acceptors (Lipinski definition) is 3. The number of nitrogens with zero attached hydrogens (tertiary/aromatic N) is 1. The minimum absolute atomic E-state index is 0.173. The molecule has 94 valence electrons. The fourth-order valence-electron chi connectivity index (χ4n) is 1.87. The van der Waals surface area contributed by atoms with Gasteiger partial charge < -0.3 is 9.73 Å². The molecule has 1 aromatic carbocycles. The molecule has 0 saturated carbocycles. The van der Waals surface area contributed by atoms with Crippen molar-refractivity contribution in [2.24, 2.45) is 0 Å². The molecule has 0 aliphatic carbocycles. The lowest BCUT2D eigenvalue weighted by molar-refractivity contribution is 0.0997. The Morgan fingerprint density at radius 2 is 2.21 bits per heavy atom. The minimum Gasteiger partial charge on any atom is -0.459 e. The van der Waals surface area contributed by atoms with Crippen LogP contribution >= 0.6 is 0 Å². The minimum atomic E-state index is -0.435. The summed E-state index contributed by atoms with van der Waals surface area (Å²) >= 11 is 0. The highest BCUT2D eigenvalue weighted by molar-refractivity contribution is 6.07. The zero-order valence-corrected chi connectivity index (χ0v) is 9.76. The first-order valence-corrected chi connectivity index (χ1v) is 5.62. The summed E-state index contributed by atoms with van der Waals surface area (Å²) in [4.78, 5) is 15.8. The Kier molecular flexibility index (Phi) is 2.72. The van der Waals surface area contributed by atoms with Crippen LogP contribution in [0.5, 0.6) is 0 Å². The first kappa shape index (κ1) is 11.4. The number of rotatable bonds is 2. The number of carbonyl (C=O) groups excluding carboxylic acids is 1. The van der Waals surface area contributed by atoms with Crippen molar-refractivity contribution in [3.63, 3.8) is 0 Å². The number of halogens is 1. The van der Waals surface area contributed by atoms with Gasteiger partial charge in [-0.3, -0.25) is 9.78 Å². The maximum atomic E-state index is 13.5. The summed E-state index contributed by atoms with van der Waals surface area (Å²) in [5.74, 6) is -0.685. The lowest BCUT2D eigenvalue weighted by Gasteiger charge is -2.07. The Balaban J connectivity index is 2.03. The van der Waals surface area contributed by atoms with Gasteiger partial charge in [-0.05, 0) is 30.3 Å². The third kappa shape index (κ3) is 2.18. The monoisotopic (exact) mass is 256 g/mol. The first-order chi connectivity index (χ1) is 9.24. The number of benzene rings is 1. The third-order valence-electron chi connectivity index (χ3n) is 2.71. The van der Waals surface area contributed by atoms with Crippen molar-refractivity contribution in [1.82, 2.24) is 4.98 Å².